The molecule has 1 amide bonds. The van der Waals surface area contributed by atoms with Crippen molar-refractivity contribution in [2.75, 3.05) is 26.1 Å². The zero-order valence-electron chi connectivity index (χ0n) is 12.6. The van der Waals surface area contributed by atoms with Crippen molar-refractivity contribution in [2.45, 2.75) is 31.7 Å². The predicted octanol–water partition coefficient (Wildman–Crippen LogP) is 3.48. The van der Waals surface area contributed by atoms with Crippen LogP contribution >= 0.6 is 15.9 Å². The highest BCUT2D eigenvalue weighted by Crippen LogP contribution is 2.29. The molecule has 1 atom stereocenters. The molecule has 0 spiro atoms. The second-order valence-corrected chi connectivity index (χ2v) is 5.87. The molecule has 2 rings (SSSR count). The predicted molar refractivity (Wildman–Crippen MR) is 86.6 cm³/mol. The van der Waals surface area contributed by atoms with Crippen LogP contribution in [0.2, 0.25) is 0 Å². The van der Waals surface area contributed by atoms with E-state index in [1.54, 1.807) is 32.4 Å². The highest BCUT2D eigenvalue weighted by atomic mass is 79.9. The van der Waals surface area contributed by atoms with Crippen molar-refractivity contribution < 1.29 is 14.3 Å². The topological polar surface area (TPSA) is 38.8 Å². The Morgan fingerprint density at radius 2 is 2.00 bits per heavy atom. The summed E-state index contributed by atoms with van der Waals surface area (Å²) in [6.07, 6.45) is 4.51. The van der Waals surface area contributed by atoms with Gasteiger partial charge in [-0.3, -0.25) is 4.79 Å². The highest BCUT2D eigenvalue weighted by Gasteiger charge is 2.26. The first-order valence-corrected chi connectivity index (χ1v) is 8.42. The van der Waals surface area contributed by atoms with Crippen LogP contribution in [0.15, 0.2) is 18.2 Å². The van der Waals surface area contributed by atoms with Gasteiger partial charge in [-0.05, 0) is 31.0 Å². The molecule has 0 radical (unpaired) electrons. The summed E-state index contributed by atoms with van der Waals surface area (Å²) in [6, 6.07) is 5.62. The summed E-state index contributed by atoms with van der Waals surface area (Å²) in [5.41, 5.74) is 0.653. The molecule has 0 bridgehead atoms. The van der Waals surface area contributed by atoms with Crippen LogP contribution in [-0.4, -0.2) is 42.9 Å². The SMILES string of the molecule is COc1ccc(C(=O)N2CCCCCC2CBr)cc1OC. The third kappa shape index (κ3) is 3.70. The van der Waals surface area contributed by atoms with Crippen molar-refractivity contribution in [3.05, 3.63) is 23.8 Å². The Kier molecular flexibility index (Phi) is 5.91. The quantitative estimate of drug-likeness (QED) is 0.776. The maximum atomic E-state index is 12.8. The molecule has 0 saturated carbocycles. The van der Waals surface area contributed by atoms with Crippen LogP contribution in [0, 0.1) is 0 Å². The minimum Gasteiger partial charge on any atom is -0.493 e. The van der Waals surface area contributed by atoms with Gasteiger partial charge >= 0.3 is 0 Å². The molecule has 4 nitrogen and oxygen atoms in total. The molecule has 1 aromatic rings. The van der Waals surface area contributed by atoms with E-state index in [-0.39, 0.29) is 11.9 Å². The Bertz CT molecular complexity index is 492. The number of nitrogens with zero attached hydrogens (tertiary/aromatic N) is 1. The Hall–Kier alpha value is -1.23. The number of amides is 1. The minimum absolute atomic E-state index is 0.0716. The lowest BCUT2D eigenvalue weighted by molar-refractivity contribution is 0.0702. The fourth-order valence-corrected chi connectivity index (χ4v) is 3.41. The van der Waals surface area contributed by atoms with Crippen LogP contribution in [0.1, 0.15) is 36.0 Å². The summed E-state index contributed by atoms with van der Waals surface area (Å²) in [6.45, 7) is 0.823. The number of methoxy groups -OCH3 is 2. The van der Waals surface area contributed by atoms with E-state index in [9.17, 15) is 4.79 Å². The van der Waals surface area contributed by atoms with Crippen LogP contribution in [0.25, 0.3) is 0 Å². The molecule has 0 aromatic heterocycles. The first-order chi connectivity index (χ1) is 10.2. The van der Waals surface area contributed by atoms with E-state index < -0.39 is 0 Å². The first kappa shape index (κ1) is 16.1. The number of likely N-dealkylation sites (tertiary alicyclic amines) is 1. The molecule has 1 aliphatic rings. The van der Waals surface area contributed by atoms with E-state index in [2.05, 4.69) is 15.9 Å². The number of carbonyl (C=O) groups is 1. The number of ether oxygens (including phenoxy) is 2. The molecule has 1 fully saturated rings. The Balaban J connectivity index is 2.25. The Labute approximate surface area is 134 Å². The highest BCUT2D eigenvalue weighted by molar-refractivity contribution is 9.09. The maximum absolute atomic E-state index is 12.8. The maximum Gasteiger partial charge on any atom is 0.254 e. The second-order valence-electron chi connectivity index (χ2n) is 5.23. The van der Waals surface area contributed by atoms with Gasteiger partial charge in [0.1, 0.15) is 0 Å². The molecule has 5 heteroatoms. The number of hydrogen-bond donors (Lipinski definition) is 0. The van der Waals surface area contributed by atoms with E-state index in [0.717, 1.165) is 24.7 Å². The van der Waals surface area contributed by atoms with E-state index in [4.69, 9.17) is 9.47 Å². The molecular formula is C16H22BrNO3. The fraction of sp³-hybridized carbons (Fsp3) is 0.562. The molecule has 1 aromatic carbocycles. The molecule has 21 heavy (non-hydrogen) atoms. The molecular weight excluding hydrogens is 334 g/mol. The average molecular weight is 356 g/mol. The number of rotatable bonds is 4. The standard InChI is InChI=1S/C16H22BrNO3/c1-20-14-8-7-12(10-15(14)21-2)16(19)18-9-5-3-4-6-13(18)11-17/h7-8,10,13H,3-6,9,11H2,1-2H3. The lowest BCUT2D eigenvalue weighted by atomic mass is 10.1. The average Bonchev–Trinajstić information content (AvgIpc) is 2.78. The van der Waals surface area contributed by atoms with Crippen LogP contribution in [0.5, 0.6) is 11.5 Å². The summed E-state index contributed by atoms with van der Waals surface area (Å²) in [5, 5.41) is 0.825. The third-order valence-electron chi connectivity index (χ3n) is 3.95. The Morgan fingerprint density at radius 1 is 1.24 bits per heavy atom. The third-order valence-corrected chi connectivity index (χ3v) is 4.69. The van der Waals surface area contributed by atoms with Gasteiger partial charge in [-0.25, -0.2) is 0 Å². The largest absolute Gasteiger partial charge is 0.493 e. The van der Waals surface area contributed by atoms with Crippen molar-refractivity contribution >= 4 is 21.8 Å². The van der Waals surface area contributed by atoms with E-state index in [1.807, 2.05) is 4.90 Å². The second kappa shape index (κ2) is 7.69. The summed E-state index contributed by atoms with van der Waals surface area (Å²) >= 11 is 3.54. The van der Waals surface area contributed by atoms with Gasteiger partial charge in [0.25, 0.3) is 5.91 Å². The van der Waals surface area contributed by atoms with Gasteiger partial charge in [0.2, 0.25) is 0 Å². The number of hydrogen-bond acceptors (Lipinski definition) is 3. The number of benzene rings is 1. The van der Waals surface area contributed by atoms with Crippen molar-refractivity contribution in [1.82, 2.24) is 4.90 Å². The zero-order chi connectivity index (χ0) is 15.2. The number of alkyl halides is 1. The van der Waals surface area contributed by atoms with Crippen molar-refractivity contribution in [1.29, 1.82) is 0 Å². The van der Waals surface area contributed by atoms with Gasteiger partial charge in [0.15, 0.2) is 11.5 Å². The summed E-state index contributed by atoms with van der Waals surface area (Å²) < 4.78 is 10.5. The van der Waals surface area contributed by atoms with Gasteiger partial charge in [0, 0.05) is 23.5 Å². The minimum atomic E-state index is 0.0716. The molecule has 1 heterocycles. The molecule has 1 saturated heterocycles. The van der Waals surface area contributed by atoms with Crippen molar-refractivity contribution in [3.8, 4) is 11.5 Å². The monoisotopic (exact) mass is 355 g/mol. The molecule has 1 unspecified atom stereocenters. The van der Waals surface area contributed by atoms with Gasteiger partial charge < -0.3 is 14.4 Å². The molecule has 0 aliphatic carbocycles. The first-order valence-electron chi connectivity index (χ1n) is 7.30. The van der Waals surface area contributed by atoms with Crippen LogP contribution < -0.4 is 9.47 Å². The molecule has 116 valence electrons. The summed E-state index contributed by atoms with van der Waals surface area (Å²) in [4.78, 5) is 14.8. The van der Waals surface area contributed by atoms with Gasteiger partial charge in [-0.1, -0.05) is 28.8 Å². The summed E-state index contributed by atoms with van der Waals surface area (Å²) in [5.74, 6) is 1.30. The normalized spacial score (nSPS) is 19.0. The van der Waals surface area contributed by atoms with Crippen LogP contribution in [0.4, 0.5) is 0 Å². The summed E-state index contributed by atoms with van der Waals surface area (Å²) in [7, 11) is 3.17. The van der Waals surface area contributed by atoms with Gasteiger partial charge in [-0.2, -0.15) is 0 Å². The molecule has 1 aliphatic heterocycles. The number of halogens is 1. The van der Waals surface area contributed by atoms with Crippen LogP contribution in [-0.2, 0) is 0 Å². The lowest BCUT2D eigenvalue weighted by Gasteiger charge is -2.29. The van der Waals surface area contributed by atoms with Crippen molar-refractivity contribution in [3.63, 3.8) is 0 Å². The number of carbonyl (C=O) groups excluding carboxylic acids is 1. The van der Waals surface area contributed by atoms with Gasteiger partial charge in [0.05, 0.1) is 14.2 Å². The fourth-order valence-electron chi connectivity index (χ4n) is 2.74. The van der Waals surface area contributed by atoms with E-state index in [0.29, 0.717) is 17.1 Å². The Morgan fingerprint density at radius 3 is 2.67 bits per heavy atom. The van der Waals surface area contributed by atoms with Crippen LogP contribution in [0.3, 0.4) is 0 Å². The van der Waals surface area contributed by atoms with E-state index in [1.165, 1.54) is 12.8 Å². The van der Waals surface area contributed by atoms with Gasteiger partial charge in [-0.15, -0.1) is 0 Å². The van der Waals surface area contributed by atoms with Crippen molar-refractivity contribution in [2.24, 2.45) is 0 Å². The lowest BCUT2D eigenvalue weighted by Crippen LogP contribution is -2.41. The zero-order valence-corrected chi connectivity index (χ0v) is 14.2. The smallest absolute Gasteiger partial charge is 0.254 e. The van der Waals surface area contributed by atoms with E-state index >= 15 is 0 Å². The molecule has 0 N–H and O–H groups in total.